The molecule has 21 heavy (non-hydrogen) atoms. The fraction of sp³-hybridized carbons (Fsp3) is 0.143. The van der Waals surface area contributed by atoms with Gasteiger partial charge in [-0.15, -0.1) is 0 Å². The molecule has 0 aliphatic carbocycles. The first-order valence-electron chi connectivity index (χ1n) is 7.47. The number of rotatable bonds is 0. The van der Waals surface area contributed by atoms with E-state index in [0.29, 0.717) is 0 Å². The number of aryl methyl sites for hydroxylation is 3. The molecule has 0 nitrogen and oxygen atoms in total. The Hall–Kier alpha value is -2.34. The highest BCUT2D eigenvalue weighted by Crippen LogP contribution is 2.33. The third-order valence-electron chi connectivity index (χ3n) is 4.74. The van der Waals surface area contributed by atoms with Gasteiger partial charge in [0.05, 0.1) is 0 Å². The van der Waals surface area contributed by atoms with Crippen molar-refractivity contribution in [1.29, 1.82) is 0 Å². The van der Waals surface area contributed by atoms with Crippen molar-refractivity contribution in [2.45, 2.75) is 20.8 Å². The summed E-state index contributed by atoms with van der Waals surface area (Å²) in [7, 11) is 0. The van der Waals surface area contributed by atoms with Crippen LogP contribution in [0.3, 0.4) is 0 Å². The average Bonchev–Trinajstić information content (AvgIpc) is 2.51. The van der Waals surface area contributed by atoms with E-state index in [2.05, 4.69) is 75.4 Å². The molecule has 0 unspecified atom stereocenters. The predicted molar refractivity (Wildman–Crippen MR) is 93.2 cm³/mol. The summed E-state index contributed by atoms with van der Waals surface area (Å²) in [5.41, 5.74) is 4.13. The van der Waals surface area contributed by atoms with E-state index in [0.717, 1.165) is 0 Å². The zero-order valence-electron chi connectivity index (χ0n) is 12.7. The highest BCUT2D eigenvalue weighted by Gasteiger charge is 2.07. The molecule has 0 aliphatic heterocycles. The molecule has 0 bridgehead atoms. The minimum absolute atomic E-state index is 1.31. The van der Waals surface area contributed by atoms with Gasteiger partial charge in [-0.05, 0) is 81.9 Å². The van der Waals surface area contributed by atoms with Crippen molar-refractivity contribution in [3.8, 4) is 0 Å². The van der Waals surface area contributed by atoms with Crippen LogP contribution in [0.1, 0.15) is 16.7 Å². The third-order valence-corrected chi connectivity index (χ3v) is 4.74. The topological polar surface area (TPSA) is 0 Å². The minimum Gasteiger partial charge on any atom is -0.0616 e. The Morgan fingerprint density at radius 2 is 1.29 bits per heavy atom. The smallest absolute Gasteiger partial charge is 0.00989 e. The summed E-state index contributed by atoms with van der Waals surface area (Å²) < 4.78 is 0. The lowest BCUT2D eigenvalue weighted by Gasteiger charge is -2.12. The fourth-order valence-corrected chi connectivity index (χ4v) is 3.41. The largest absolute Gasteiger partial charge is 0.0616 e. The van der Waals surface area contributed by atoms with Crippen molar-refractivity contribution >= 4 is 32.3 Å². The van der Waals surface area contributed by atoms with Gasteiger partial charge in [0, 0.05) is 0 Å². The second-order valence-corrected chi connectivity index (χ2v) is 6.04. The van der Waals surface area contributed by atoms with Crippen LogP contribution < -0.4 is 0 Å². The molecule has 4 aromatic carbocycles. The van der Waals surface area contributed by atoms with Gasteiger partial charge in [0.1, 0.15) is 0 Å². The number of hydrogen-bond donors (Lipinski definition) is 0. The van der Waals surface area contributed by atoms with Crippen LogP contribution in [-0.4, -0.2) is 0 Å². The van der Waals surface area contributed by atoms with Gasteiger partial charge in [0.25, 0.3) is 0 Å². The summed E-state index contributed by atoms with van der Waals surface area (Å²) in [4.78, 5) is 0. The zero-order valence-corrected chi connectivity index (χ0v) is 12.7. The van der Waals surface area contributed by atoms with Crippen LogP contribution in [0.5, 0.6) is 0 Å². The SMILES string of the molecule is Cc1cc(C)c2cc3c(ccc4ccccc43)cc2c1C. The summed E-state index contributed by atoms with van der Waals surface area (Å²) in [5, 5.41) is 8.10. The second-order valence-electron chi connectivity index (χ2n) is 6.04. The molecule has 0 N–H and O–H groups in total. The van der Waals surface area contributed by atoms with Gasteiger partial charge < -0.3 is 0 Å². The van der Waals surface area contributed by atoms with Crippen molar-refractivity contribution in [2.75, 3.05) is 0 Å². The first kappa shape index (κ1) is 12.4. The Labute approximate surface area is 125 Å². The van der Waals surface area contributed by atoms with E-state index in [-0.39, 0.29) is 0 Å². The summed E-state index contributed by atoms with van der Waals surface area (Å²) in [5.74, 6) is 0. The maximum absolute atomic E-state index is 2.37. The average molecular weight is 270 g/mol. The molecule has 0 amide bonds. The Bertz CT molecular complexity index is 1010. The molecular formula is C21H18. The van der Waals surface area contributed by atoms with Crippen LogP contribution in [0.4, 0.5) is 0 Å². The fourth-order valence-electron chi connectivity index (χ4n) is 3.41. The molecule has 0 aliphatic rings. The van der Waals surface area contributed by atoms with Crippen LogP contribution in [0, 0.1) is 20.8 Å². The second kappa shape index (κ2) is 4.33. The molecule has 0 atom stereocenters. The predicted octanol–water partition coefficient (Wildman–Crippen LogP) is 6.07. The van der Waals surface area contributed by atoms with E-state index in [4.69, 9.17) is 0 Å². The van der Waals surface area contributed by atoms with Crippen molar-refractivity contribution < 1.29 is 0 Å². The molecular weight excluding hydrogens is 252 g/mol. The molecule has 0 aromatic heterocycles. The van der Waals surface area contributed by atoms with Crippen molar-refractivity contribution in [3.63, 3.8) is 0 Å². The lowest BCUT2D eigenvalue weighted by Crippen LogP contribution is -1.89. The standard InChI is InChI=1S/C21H18/c1-13-10-14(2)19-12-21-17(11-20(19)15(13)3)9-8-16-6-4-5-7-18(16)21/h4-12H,1-3H3. The van der Waals surface area contributed by atoms with Crippen LogP contribution >= 0.6 is 0 Å². The van der Waals surface area contributed by atoms with Crippen molar-refractivity contribution in [3.05, 3.63) is 71.3 Å². The Morgan fingerprint density at radius 3 is 2.14 bits per heavy atom. The third kappa shape index (κ3) is 1.76. The Balaban J connectivity index is 2.26. The van der Waals surface area contributed by atoms with E-state index >= 15 is 0 Å². The first-order chi connectivity index (χ1) is 10.1. The monoisotopic (exact) mass is 270 g/mol. The number of hydrogen-bond acceptors (Lipinski definition) is 0. The van der Waals surface area contributed by atoms with Crippen LogP contribution in [0.2, 0.25) is 0 Å². The number of benzene rings is 4. The van der Waals surface area contributed by atoms with E-state index in [1.165, 1.54) is 49.0 Å². The maximum atomic E-state index is 2.37. The summed E-state index contributed by atoms with van der Waals surface area (Å²) in [6.45, 7) is 6.64. The highest BCUT2D eigenvalue weighted by molar-refractivity contribution is 6.13. The molecule has 0 radical (unpaired) electrons. The molecule has 0 fully saturated rings. The highest BCUT2D eigenvalue weighted by atomic mass is 14.1. The molecule has 0 heteroatoms. The van der Waals surface area contributed by atoms with E-state index < -0.39 is 0 Å². The van der Waals surface area contributed by atoms with Gasteiger partial charge in [0.15, 0.2) is 0 Å². The van der Waals surface area contributed by atoms with E-state index in [9.17, 15) is 0 Å². The number of fused-ring (bicyclic) bond motifs is 4. The lowest BCUT2D eigenvalue weighted by atomic mass is 9.92. The van der Waals surface area contributed by atoms with Gasteiger partial charge in [-0.3, -0.25) is 0 Å². The van der Waals surface area contributed by atoms with Crippen LogP contribution in [-0.2, 0) is 0 Å². The van der Waals surface area contributed by atoms with Gasteiger partial charge in [-0.25, -0.2) is 0 Å². The van der Waals surface area contributed by atoms with Gasteiger partial charge >= 0.3 is 0 Å². The summed E-state index contributed by atoms with van der Waals surface area (Å²) in [6.07, 6.45) is 0. The molecule has 4 aromatic rings. The van der Waals surface area contributed by atoms with Gasteiger partial charge in [-0.1, -0.05) is 42.5 Å². The normalized spacial score (nSPS) is 11.6. The molecule has 102 valence electrons. The van der Waals surface area contributed by atoms with Crippen molar-refractivity contribution in [2.24, 2.45) is 0 Å². The quantitative estimate of drug-likeness (QED) is 0.268. The van der Waals surface area contributed by atoms with Gasteiger partial charge in [0.2, 0.25) is 0 Å². The molecule has 0 saturated heterocycles. The maximum Gasteiger partial charge on any atom is -0.00989 e. The van der Waals surface area contributed by atoms with Gasteiger partial charge in [-0.2, -0.15) is 0 Å². The summed E-state index contributed by atoms with van der Waals surface area (Å²) >= 11 is 0. The zero-order chi connectivity index (χ0) is 14.6. The van der Waals surface area contributed by atoms with Crippen molar-refractivity contribution in [1.82, 2.24) is 0 Å². The Kier molecular flexibility index (Phi) is 2.56. The first-order valence-corrected chi connectivity index (χ1v) is 7.47. The minimum atomic E-state index is 1.31. The van der Waals surface area contributed by atoms with Crippen LogP contribution in [0.15, 0.2) is 54.6 Å². The molecule has 0 heterocycles. The summed E-state index contributed by atoms with van der Waals surface area (Å²) in [6, 6.07) is 20.1. The Morgan fingerprint density at radius 1 is 0.524 bits per heavy atom. The van der Waals surface area contributed by atoms with E-state index in [1.807, 2.05) is 0 Å². The molecule has 0 spiro atoms. The van der Waals surface area contributed by atoms with E-state index in [1.54, 1.807) is 0 Å². The molecule has 0 saturated carbocycles. The van der Waals surface area contributed by atoms with Crippen LogP contribution in [0.25, 0.3) is 32.3 Å². The lowest BCUT2D eigenvalue weighted by molar-refractivity contribution is 1.35. The molecule has 4 rings (SSSR count).